The number of aldehydes is 1. The third-order valence-corrected chi connectivity index (χ3v) is 3.05. The molecule has 0 unspecified atom stereocenters. The summed E-state index contributed by atoms with van der Waals surface area (Å²) in [6, 6.07) is 12.1. The quantitative estimate of drug-likeness (QED) is 0.805. The van der Waals surface area contributed by atoms with Gasteiger partial charge < -0.3 is 4.79 Å². The molecule has 0 radical (unpaired) electrons. The standard InChI is InChI=1S/C14H12BrNO/c15-13-6-3-11(4-7-13)12-5-8-14(16-10-12)2-1-9-17/h3-10H,1-2H2. The second-order valence-corrected chi connectivity index (χ2v) is 4.67. The Hall–Kier alpha value is -1.48. The first-order valence-electron chi connectivity index (χ1n) is 5.44. The molecule has 0 aliphatic rings. The van der Waals surface area contributed by atoms with Crippen LogP contribution >= 0.6 is 15.9 Å². The van der Waals surface area contributed by atoms with Gasteiger partial charge in [-0.3, -0.25) is 4.98 Å². The first-order chi connectivity index (χ1) is 8.29. The number of hydrogen-bond acceptors (Lipinski definition) is 2. The largest absolute Gasteiger partial charge is 0.303 e. The van der Waals surface area contributed by atoms with Crippen molar-refractivity contribution in [2.45, 2.75) is 12.8 Å². The van der Waals surface area contributed by atoms with Gasteiger partial charge in [0.2, 0.25) is 0 Å². The van der Waals surface area contributed by atoms with Crippen molar-refractivity contribution in [2.24, 2.45) is 0 Å². The summed E-state index contributed by atoms with van der Waals surface area (Å²) in [5.41, 5.74) is 3.19. The van der Waals surface area contributed by atoms with Crippen molar-refractivity contribution in [1.29, 1.82) is 0 Å². The lowest BCUT2D eigenvalue weighted by atomic mass is 10.1. The normalized spacial score (nSPS) is 10.2. The monoisotopic (exact) mass is 289 g/mol. The van der Waals surface area contributed by atoms with Crippen LogP contribution in [0.2, 0.25) is 0 Å². The molecule has 17 heavy (non-hydrogen) atoms. The fourth-order valence-electron chi connectivity index (χ4n) is 1.59. The van der Waals surface area contributed by atoms with Gasteiger partial charge in [-0.05, 0) is 30.2 Å². The molecule has 0 spiro atoms. The molecule has 2 rings (SSSR count). The molecule has 0 aliphatic heterocycles. The second kappa shape index (κ2) is 5.73. The summed E-state index contributed by atoms with van der Waals surface area (Å²) in [5.74, 6) is 0. The lowest BCUT2D eigenvalue weighted by Gasteiger charge is -2.03. The molecular formula is C14H12BrNO. The van der Waals surface area contributed by atoms with Crippen molar-refractivity contribution in [3.8, 4) is 11.1 Å². The van der Waals surface area contributed by atoms with Crippen molar-refractivity contribution >= 4 is 22.2 Å². The van der Waals surface area contributed by atoms with Gasteiger partial charge in [0.15, 0.2) is 0 Å². The van der Waals surface area contributed by atoms with Gasteiger partial charge in [0.05, 0.1) is 0 Å². The van der Waals surface area contributed by atoms with Crippen LogP contribution in [0.3, 0.4) is 0 Å². The van der Waals surface area contributed by atoms with Crippen LogP contribution in [-0.2, 0) is 11.2 Å². The Morgan fingerprint density at radius 1 is 1.06 bits per heavy atom. The van der Waals surface area contributed by atoms with E-state index in [4.69, 9.17) is 0 Å². The van der Waals surface area contributed by atoms with Crippen LogP contribution in [0.4, 0.5) is 0 Å². The second-order valence-electron chi connectivity index (χ2n) is 3.75. The van der Waals surface area contributed by atoms with Gasteiger partial charge in [-0.25, -0.2) is 0 Å². The van der Waals surface area contributed by atoms with Gasteiger partial charge in [0.1, 0.15) is 6.29 Å². The fourth-order valence-corrected chi connectivity index (χ4v) is 1.86. The number of pyridine rings is 1. The molecule has 0 saturated carbocycles. The minimum Gasteiger partial charge on any atom is -0.303 e. The number of rotatable bonds is 4. The zero-order valence-electron chi connectivity index (χ0n) is 9.27. The third-order valence-electron chi connectivity index (χ3n) is 2.52. The van der Waals surface area contributed by atoms with Crippen LogP contribution in [0.25, 0.3) is 11.1 Å². The average Bonchev–Trinajstić information content (AvgIpc) is 2.38. The third kappa shape index (κ3) is 3.24. The van der Waals surface area contributed by atoms with E-state index in [9.17, 15) is 4.79 Å². The number of aryl methyl sites for hydroxylation is 1. The first kappa shape index (κ1) is 12.0. The number of benzene rings is 1. The van der Waals surface area contributed by atoms with Crippen molar-refractivity contribution in [3.05, 3.63) is 52.8 Å². The minimum absolute atomic E-state index is 0.532. The van der Waals surface area contributed by atoms with Crippen LogP contribution in [0, 0.1) is 0 Å². The molecule has 2 aromatic rings. The molecule has 0 N–H and O–H groups in total. The van der Waals surface area contributed by atoms with Crippen molar-refractivity contribution in [3.63, 3.8) is 0 Å². The highest BCUT2D eigenvalue weighted by Crippen LogP contribution is 2.21. The van der Waals surface area contributed by atoms with Crippen LogP contribution in [0.15, 0.2) is 47.1 Å². The summed E-state index contributed by atoms with van der Waals surface area (Å²) in [5, 5.41) is 0. The molecule has 1 aromatic carbocycles. The van der Waals surface area contributed by atoms with E-state index in [1.165, 1.54) is 0 Å². The number of nitrogens with zero attached hydrogens (tertiary/aromatic N) is 1. The number of halogens is 1. The highest BCUT2D eigenvalue weighted by atomic mass is 79.9. The highest BCUT2D eigenvalue weighted by Gasteiger charge is 1.99. The Kier molecular flexibility index (Phi) is 4.04. The lowest BCUT2D eigenvalue weighted by Crippen LogP contribution is -1.90. The maximum absolute atomic E-state index is 10.3. The van der Waals surface area contributed by atoms with E-state index in [1.54, 1.807) is 0 Å². The Bertz CT molecular complexity index is 491. The van der Waals surface area contributed by atoms with E-state index in [0.29, 0.717) is 12.8 Å². The molecule has 0 fully saturated rings. The molecule has 1 heterocycles. The van der Waals surface area contributed by atoms with E-state index in [1.807, 2.05) is 42.6 Å². The van der Waals surface area contributed by atoms with E-state index in [2.05, 4.69) is 20.9 Å². The zero-order valence-corrected chi connectivity index (χ0v) is 10.9. The van der Waals surface area contributed by atoms with E-state index in [0.717, 1.165) is 27.6 Å². The predicted octanol–water partition coefficient (Wildman–Crippen LogP) is 3.64. The molecule has 0 atom stereocenters. The summed E-state index contributed by atoms with van der Waals surface area (Å²) in [6.07, 6.45) is 4.02. The number of carbonyl (C=O) groups excluding carboxylic acids is 1. The molecule has 0 saturated heterocycles. The Labute approximate surface area is 109 Å². The van der Waals surface area contributed by atoms with Gasteiger partial charge in [-0.15, -0.1) is 0 Å². The van der Waals surface area contributed by atoms with Crippen molar-refractivity contribution in [2.75, 3.05) is 0 Å². The summed E-state index contributed by atoms with van der Waals surface area (Å²) in [6.45, 7) is 0. The van der Waals surface area contributed by atoms with E-state index >= 15 is 0 Å². The Morgan fingerprint density at radius 3 is 2.35 bits per heavy atom. The predicted molar refractivity (Wildman–Crippen MR) is 71.8 cm³/mol. The lowest BCUT2D eigenvalue weighted by molar-refractivity contribution is -0.107. The summed E-state index contributed by atoms with van der Waals surface area (Å²) >= 11 is 3.41. The van der Waals surface area contributed by atoms with Crippen LogP contribution in [-0.4, -0.2) is 11.3 Å². The van der Waals surface area contributed by atoms with Gasteiger partial charge >= 0.3 is 0 Å². The van der Waals surface area contributed by atoms with Gasteiger partial charge in [-0.2, -0.15) is 0 Å². The number of hydrogen-bond donors (Lipinski definition) is 0. The van der Waals surface area contributed by atoms with Gasteiger partial charge in [0.25, 0.3) is 0 Å². The molecule has 0 aliphatic carbocycles. The maximum atomic E-state index is 10.3. The van der Waals surface area contributed by atoms with Crippen molar-refractivity contribution in [1.82, 2.24) is 4.98 Å². The molecular weight excluding hydrogens is 278 g/mol. The minimum atomic E-state index is 0.532. The molecule has 2 nitrogen and oxygen atoms in total. The highest BCUT2D eigenvalue weighted by molar-refractivity contribution is 9.10. The molecule has 86 valence electrons. The number of carbonyl (C=O) groups is 1. The summed E-state index contributed by atoms with van der Waals surface area (Å²) in [4.78, 5) is 14.6. The summed E-state index contributed by atoms with van der Waals surface area (Å²) in [7, 11) is 0. The SMILES string of the molecule is O=CCCc1ccc(-c2ccc(Br)cc2)cn1. The van der Waals surface area contributed by atoms with Crippen LogP contribution in [0.1, 0.15) is 12.1 Å². The Morgan fingerprint density at radius 2 is 1.76 bits per heavy atom. The first-order valence-corrected chi connectivity index (χ1v) is 6.23. The molecule has 3 heteroatoms. The average molecular weight is 290 g/mol. The van der Waals surface area contributed by atoms with Crippen molar-refractivity contribution < 1.29 is 4.79 Å². The number of aromatic nitrogens is 1. The topological polar surface area (TPSA) is 30.0 Å². The Balaban J connectivity index is 2.17. The van der Waals surface area contributed by atoms with Gasteiger partial charge in [-0.1, -0.05) is 34.1 Å². The summed E-state index contributed by atoms with van der Waals surface area (Å²) < 4.78 is 1.07. The van der Waals surface area contributed by atoms with Crippen LogP contribution < -0.4 is 0 Å². The smallest absolute Gasteiger partial charge is 0.120 e. The van der Waals surface area contributed by atoms with Crippen LogP contribution in [0.5, 0.6) is 0 Å². The fraction of sp³-hybridized carbons (Fsp3) is 0.143. The van der Waals surface area contributed by atoms with E-state index < -0.39 is 0 Å². The maximum Gasteiger partial charge on any atom is 0.120 e. The molecule has 1 aromatic heterocycles. The van der Waals surface area contributed by atoms with Gasteiger partial charge in [0, 0.05) is 28.3 Å². The molecule has 0 bridgehead atoms. The zero-order chi connectivity index (χ0) is 12.1. The molecule has 0 amide bonds. The van der Waals surface area contributed by atoms with E-state index in [-0.39, 0.29) is 0 Å².